The molecule has 0 saturated carbocycles. The van der Waals surface area contributed by atoms with Gasteiger partial charge in [0.25, 0.3) is 11.5 Å². The van der Waals surface area contributed by atoms with Gasteiger partial charge in [0.05, 0.1) is 5.69 Å². The molecular weight excluding hydrogens is 436 g/mol. The fourth-order valence-electron chi connectivity index (χ4n) is 2.94. The maximum atomic E-state index is 12.4. The van der Waals surface area contributed by atoms with E-state index in [0.29, 0.717) is 32.7 Å². The number of anilines is 1. The number of halogens is 1. The van der Waals surface area contributed by atoms with Crippen molar-refractivity contribution in [3.05, 3.63) is 86.2 Å². The van der Waals surface area contributed by atoms with E-state index in [0.717, 1.165) is 17.8 Å². The highest BCUT2D eigenvalue weighted by Crippen LogP contribution is 2.20. The maximum Gasteiger partial charge on any atom is 0.275 e. The number of carbonyl (C=O) groups is 1. The SMILES string of the molecule is CCCc1nn2c(=O)cc(COc3cccc(NC(=O)c4cccc(Cl)c4)c3)nc2s1. The van der Waals surface area contributed by atoms with Gasteiger partial charge in [-0.3, -0.25) is 9.59 Å². The Morgan fingerprint density at radius 1 is 1.19 bits per heavy atom. The Balaban J connectivity index is 1.45. The second-order valence-corrected chi connectivity index (χ2v) is 8.28. The summed E-state index contributed by atoms with van der Waals surface area (Å²) in [5.74, 6) is 0.273. The van der Waals surface area contributed by atoms with Crippen LogP contribution in [0.2, 0.25) is 5.02 Å². The summed E-state index contributed by atoms with van der Waals surface area (Å²) in [6.07, 6.45) is 1.77. The molecule has 7 nitrogen and oxygen atoms in total. The Hall–Kier alpha value is -3.23. The van der Waals surface area contributed by atoms with Crippen molar-refractivity contribution in [1.29, 1.82) is 0 Å². The van der Waals surface area contributed by atoms with E-state index in [-0.39, 0.29) is 18.1 Å². The molecule has 0 aliphatic carbocycles. The molecule has 0 aliphatic rings. The van der Waals surface area contributed by atoms with Gasteiger partial charge in [0.1, 0.15) is 17.4 Å². The van der Waals surface area contributed by atoms with Crippen molar-refractivity contribution in [3.8, 4) is 5.75 Å². The van der Waals surface area contributed by atoms with Crippen LogP contribution in [-0.2, 0) is 13.0 Å². The number of nitrogens with one attached hydrogen (secondary N) is 1. The number of hydrogen-bond donors (Lipinski definition) is 1. The lowest BCUT2D eigenvalue weighted by Crippen LogP contribution is -2.16. The number of carbonyl (C=O) groups excluding carboxylic acids is 1. The van der Waals surface area contributed by atoms with Crippen molar-refractivity contribution < 1.29 is 9.53 Å². The highest BCUT2D eigenvalue weighted by molar-refractivity contribution is 7.16. The Morgan fingerprint density at radius 2 is 2.03 bits per heavy atom. The lowest BCUT2D eigenvalue weighted by molar-refractivity contribution is 0.102. The molecule has 0 bridgehead atoms. The van der Waals surface area contributed by atoms with Crippen molar-refractivity contribution >= 4 is 39.5 Å². The summed E-state index contributed by atoms with van der Waals surface area (Å²) in [5.41, 5.74) is 1.33. The van der Waals surface area contributed by atoms with Crippen molar-refractivity contribution in [2.45, 2.75) is 26.4 Å². The van der Waals surface area contributed by atoms with Gasteiger partial charge in [0.2, 0.25) is 4.96 Å². The lowest BCUT2D eigenvalue weighted by Gasteiger charge is -2.09. The molecule has 31 heavy (non-hydrogen) atoms. The van der Waals surface area contributed by atoms with Crippen LogP contribution in [-0.4, -0.2) is 20.5 Å². The molecule has 1 N–H and O–H groups in total. The number of nitrogens with zero attached hydrogens (tertiary/aromatic N) is 3. The molecular formula is C22H19ClN4O3S. The first-order valence-corrected chi connectivity index (χ1v) is 10.9. The fourth-order valence-corrected chi connectivity index (χ4v) is 4.15. The van der Waals surface area contributed by atoms with E-state index in [2.05, 4.69) is 22.3 Å². The van der Waals surface area contributed by atoms with Crippen molar-refractivity contribution in [1.82, 2.24) is 14.6 Å². The first-order valence-electron chi connectivity index (χ1n) is 9.70. The van der Waals surface area contributed by atoms with E-state index in [1.165, 1.54) is 21.9 Å². The smallest absolute Gasteiger partial charge is 0.275 e. The quantitative estimate of drug-likeness (QED) is 0.441. The molecule has 0 fully saturated rings. The van der Waals surface area contributed by atoms with Crippen molar-refractivity contribution in [2.75, 3.05) is 5.32 Å². The molecule has 2 aromatic carbocycles. The summed E-state index contributed by atoms with van der Waals surface area (Å²) in [4.78, 5) is 29.8. The van der Waals surface area contributed by atoms with Crippen molar-refractivity contribution in [2.24, 2.45) is 0 Å². The zero-order valence-corrected chi connectivity index (χ0v) is 18.2. The normalized spacial score (nSPS) is 10.9. The summed E-state index contributed by atoms with van der Waals surface area (Å²) in [7, 11) is 0. The number of aryl methyl sites for hydroxylation is 1. The molecule has 4 rings (SSSR count). The fraction of sp³-hybridized carbons (Fsp3) is 0.182. The molecule has 0 unspecified atom stereocenters. The summed E-state index contributed by atoms with van der Waals surface area (Å²) in [6, 6.07) is 15.2. The molecule has 1 amide bonds. The van der Waals surface area contributed by atoms with Crippen LogP contribution in [0.4, 0.5) is 5.69 Å². The van der Waals surface area contributed by atoms with Gasteiger partial charge in [0, 0.05) is 34.8 Å². The minimum absolute atomic E-state index is 0.123. The third-order valence-corrected chi connectivity index (χ3v) is 5.57. The van der Waals surface area contributed by atoms with Crippen LogP contribution in [0.3, 0.4) is 0 Å². The van der Waals surface area contributed by atoms with Gasteiger partial charge in [-0.1, -0.05) is 42.0 Å². The third-order valence-electron chi connectivity index (χ3n) is 4.37. The average molecular weight is 455 g/mol. The number of aromatic nitrogens is 3. The predicted octanol–water partition coefficient (Wildman–Crippen LogP) is 4.59. The largest absolute Gasteiger partial charge is 0.487 e. The number of fused-ring (bicyclic) bond motifs is 1. The predicted molar refractivity (Wildman–Crippen MR) is 121 cm³/mol. The average Bonchev–Trinajstić information content (AvgIpc) is 3.16. The topological polar surface area (TPSA) is 85.6 Å². The summed E-state index contributed by atoms with van der Waals surface area (Å²) in [6.45, 7) is 2.19. The van der Waals surface area contributed by atoms with Gasteiger partial charge in [-0.2, -0.15) is 9.61 Å². The van der Waals surface area contributed by atoms with Crippen LogP contribution < -0.4 is 15.6 Å². The Kier molecular flexibility index (Phi) is 6.29. The Labute approximate surface area is 187 Å². The highest BCUT2D eigenvalue weighted by Gasteiger charge is 2.10. The first-order chi connectivity index (χ1) is 15.0. The van der Waals surface area contributed by atoms with Crippen LogP contribution in [0.25, 0.3) is 4.96 Å². The molecule has 0 radical (unpaired) electrons. The number of rotatable bonds is 7. The Morgan fingerprint density at radius 3 is 2.84 bits per heavy atom. The van der Waals surface area contributed by atoms with E-state index >= 15 is 0 Å². The molecule has 2 aromatic heterocycles. The van der Waals surface area contributed by atoms with Crippen LogP contribution in [0.15, 0.2) is 59.4 Å². The van der Waals surface area contributed by atoms with E-state index in [9.17, 15) is 9.59 Å². The van der Waals surface area contributed by atoms with Gasteiger partial charge < -0.3 is 10.1 Å². The molecule has 2 heterocycles. The minimum Gasteiger partial charge on any atom is -0.487 e. The zero-order valence-electron chi connectivity index (χ0n) is 16.7. The third kappa shape index (κ3) is 5.10. The van der Waals surface area contributed by atoms with Crippen molar-refractivity contribution in [3.63, 3.8) is 0 Å². The van der Waals surface area contributed by atoms with E-state index in [1.807, 2.05) is 0 Å². The molecule has 4 aromatic rings. The van der Waals surface area contributed by atoms with E-state index in [4.69, 9.17) is 16.3 Å². The molecule has 0 spiro atoms. The lowest BCUT2D eigenvalue weighted by atomic mass is 10.2. The first kappa shape index (κ1) is 21.0. The second-order valence-electron chi connectivity index (χ2n) is 6.81. The number of benzene rings is 2. The number of ether oxygens (including phenoxy) is 1. The molecule has 158 valence electrons. The zero-order chi connectivity index (χ0) is 21.8. The van der Waals surface area contributed by atoms with Crippen LogP contribution >= 0.6 is 22.9 Å². The van der Waals surface area contributed by atoms with Gasteiger partial charge in [0.15, 0.2) is 0 Å². The second kappa shape index (κ2) is 9.28. The standard InChI is InChI=1S/C22H19ClN4O3S/c1-2-5-19-26-27-20(28)12-17(25-22(27)31-19)13-30-18-9-4-8-16(11-18)24-21(29)14-6-3-7-15(23)10-14/h3-4,6-12H,2,5,13H2,1H3,(H,24,29). The van der Waals surface area contributed by atoms with E-state index in [1.54, 1.807) is 48.5 Å². The van der Waals surface area contributed by atoms with Gasteiger partial charge in [-0.25, -0.2) is 4.98 Å². The van der Waals surface area contributed by atoms with Crippen LogP contribution in [0, 0.1) is 0 Å². The molecule has 0 aliphatic heterocycles. The summed E-state index contributed by atoms with van der Waals surface area (Å²) < 4.78 is 7.12. The summed E-state index contributed by atoms with van der Waals surface area (Å²) >= 11 is 7.36. The molecule has 0 saturated heterocycles. The number of amides is 1. The monoisotopic (exact) mass is 454 g/mol. The highest BCUT2D eigenvalue weighted by atomic mass is 35.5. The number of hydrogen-bond acceptors (Lipinski definition) is 6. The summed E-state index contributed by atoms with van der Waals surface area (Å²) in [5, 5.41) is 8.50. The maximum absolute atomic E-state index is 12.4. The van der Waals surface area contributed by atoms with Gasteiger partial charge in [-0.05, 0) is 36.8 Å². The van der Waals surface area contributed by atoms with E-state index < -0.39 is 0 Å². The molecule has 9 heteroatoms. The van der Waals surface area contributed by atoms with Crippen LogP contribution in [0.1, 0.15) is 34.4 Å². The Bertz CT molecular complexity index is 1300. The van der Waals surface area contributed by atoms with Crippen LogP contribution in [0.5, 0.6) is 5.75 Å². The van der Waals surface area contributed by atoms with Gasteiger partial charge >= 0.3 is 0 Å². The van der Waals surface area contributed by atoms with Gasteiger partial charge in [-0.15, -0.1) is 0 Å². The minimum atomic E-state index is -0.270. The molecule has 0 atom stereocenters.